The Kier molecular flexibility index (Phi) is 6.29. The lowest BCUT2D eigenvalue weighted by Crippen LogP contribution is -2.26. The van der Waals surface area contributed by atoms with Crippen molar-refractivity contribution in [2.75, 3.05) is 7.11 Å². The van der Waals surface area contributed by atoms with E-state index in [1.807, 2.05) is 19.1 Å². The Hall–Kier alpha value is -1.27. The van der Waals surface area contributed by atoms with E-state index in [9.17, 15) is 4.79 Å². The molecule has 0 aliphatic rings. The zero-order chi connectivity index (χ0) is 15.3. The molecule has 0 heterocycles. The number of carboxylic acid groups (broad SMARTS) is 1. The van der Waals surface area contributed by atoms with Crippen LogP contribution in [0.2, 0.25) is 0 Å². The van der Waals surface area contributed by atoms with Crippen molar-refractivity contribution in [3.63, 3.8) is 0 Å². The largest absolute Gasteiger partial charge is 0.493 e. The van der Waals surface area contributed by atoms with Gasteiger partial charge in [0.1, 0.15) is 0 Å². The highest BCUT2D eigenvalue weighted by Crippen LogP contribution is 2.37. The quantitative estimate of drug-likeness (QED) is 0.793. The van der Waals surface area contributed by atoms with E-state index in [1.54, 1.807) is 6.92 Å². The predicted molar refractivity (Wildman–Crippen MR) is 80.4 cm³/mol. The van der Waals surface area contributed by atoms with E-state index >= 15 is 0 Å². The third-order valence-corrected chi connectivity index (χ3v) is 3.34. The molecule has 0 saturated carbocycles. The van der Waals surface area contributed by atoms with Crippen molar-refractivity contribution < 1.29 is 19.4 Å². The molecule has 0 saturated heterocycles. The highest BCUT2D eigenvalue weighted by molar-refractivity contribution is 9.10. The van der Waals surface area contributed by atoms with Gasteiger partial charge in [0.2, 0.25) is 0 Å². The summed E-state index contributed by atoms with van der Waals surface area (Å²) in [5, 5.41) is 9.06. The van der Waals surface area contributed by atoms with Crippen LogP contribution < -0.4 is 15.2 Å². The molecule has 0 aromatic heterocycles. The van der Waals surface area contributed by atoms with E-state index in [1.165, 1.54) is 7.11 Å². The number of nitrogens with two attached hydrogens (primary N) is 1. The van der Waals surface area contributed by atoms with Crippen LogP contribution in [0.3, 0.4) is 0 Å². The SMILES string of the molecule is CCC(Oc1c(Br)cc(CC(C)N)cc1OC)C(=O)O. The topological polar surface area (TPSA) is 81.8 Å². The smallest absolute Gasteiger partial charge is 0.344 e. The van der Waals surface area contributed by atoms with Gasteiger partial charge in [0.15, 0.2) is 17.6 Å². The van der Waals surface area contributed by atoms with Crippen molar-refractivity contribution >= 4 is 21.9 Å². The number of benzene rings is 1. The number of carbonyl (C=O) groups is 1. The fraction of sp³-hybridized carbons (Fsp3) is 0.500. The Morgan fingerprint density at radius 2 is 2.15 bits per heavy atom. The average molecular weight is 346 g/mol. The lowest BCUT2D eigenvalue weighted by molar-refractivity contribution is -0.145. The van der Waals surface area contributed by atoms with Crippen LogP contribution in [0.4, 0.5) is 0 Å². The molecule has 0 bridgehead atoms. The van der Waals surface area contributed by atoms with Gasteiger partial charge in [0.05, 0.1) is 11.6 Å². The van der Waals surface area contributed by atoms with Gasteiger partial charge >= 0.3 is 5.97 Å². The first-order chi connectivity index (χ1) is 9.38. The first kappa shape index (κ1) is 16.8. The molecule has 0 fully saturated rings. The maximum atomic E-state index is 11.1. The van der Waals surface area contributed by atoms with Crippen LogP contribution in [0, 0.1) is 0 Å². The van der Waals surface area contributed by atoms with E-state index < -0.39 is 12.1 Å². The average Bonchev–Trinajstić information content (AvgIpc) is 2.35. The third kappa shape index (κ3) is 4.38. The number of hydrogen-bond donors (Lipinski definition) is 2. The summed E-state index contributed by atoms with van der Waals surface area (Å²) in [6, 6.07) is 3.72. The fourth-order valence-corrected chi connectivity index (χ4v) is 2.41. The molecule has 2 atom stereocenters. The molecule has 0 aliphatic heterocycles. The van der Waals surface area contributed by atoms with Crippen LogP contribution in [-0.2, 0) is 11.2 Å². The monoisotopic (exact) mass is 345 g/mol. The van der Waals surface area contributed by atoms with Gasteiger partial charge in [-0.3, -0.25) is 0 Å². The first-order valence-electron chi connectivity index (χ1n) is 6.40. The minimum absolute atomic E-state index is 0.0285. The second-order valence-electron chi connectivity index (χ2n) is 4.64. The van der Waals surface area contributed by atoms with Gasteiger partial charge in [-0.15, -0.1) is 0 Å². The van der Waals surface area contributed by atoms with Crippen molar-refractivity contribution in [2.45, 2.75) is 38.8 Å². The van der Waals surface area contributed by atoms with Crippen molar-refractivity contribution in [1.82, 2.24) is 0 Å². The van der Waals surface area contributed by atoms with E-state index in [0.29, 0.717) is 28.8 Å². The molecule has 112 valence electrons. The second kappa shape index (κ2) is 7.50. The number of hydrogen-bond acceptors (Lipinski definition) is 4. The third-order valence-electron chi connectivity index (χ3n) is 2.75. The van der Waals surface area contributed by atoms with Crippen LogP contribution in [0.15, 0.2) is 16.6 Å². The van der Waals surface area contributed by atoms with Crippen LogP contribution in [0.25, 0.3) is 0 Å². The molecule has 1 aromatic rings. The number of methoxy groups -OCH3 is 1. The van der Waals surface area contributed by atoms with Gasteiger partial charge in [0, 0.05) is 6.04 Å². The highest BCUT2D eigenvalue weighted by atomic mass is 79.9. The van der Waals surface area contributed by atoms with E-state index in [2.05, 4.69) is 15.9 Å². The summed E-state index contributed by atoms with van der Waals surface area (Å²) < 4.78 is 11.5. The zero-order valence-corrected chi connectivity index (χ0v) is 13.4. The molecule has 1 rings (SSSR count). The van der Waals surface area contributed by atoms with Gasteiger partial charge in [-0.1, -0.05) is 6.92 Å². The second-order valence-corrected chi connectivity index (χ2v) is 5.50. The van der Waals surface area contributed by atoms with Gasteiger partial charge in [-0.25, -0.2) is 4.79 Å². The van der Waals surface area contributed by atoms with Crippen LogP contribution in [0.1, 0.15) is 25.8 Å². The van der Waals surface area contributed by atoms with Crippen LogP contribution in [0.5, 0.6) is 11.5 Å². The summed E-state index contributed by atoms with van der Waals surface area (Å²) >= 11 is 3.40. The van der Waals surface area contributed by atoms with E-state index in [4.69, 9.17) is 20.3 Å². The Labute approximate surface area is 127 Å². The van der Waals surface area contributed by atoms with Gasteiger partial charge < -0.3 is 20.3 Å². The molecule has 0 spiro atoms. The van der Waals surface area contributed by atoms with Crippen molar-refractivity contribution in [1.29, 1.82) is 0 Å². The predicted octanol–water partition coefficient (Wildman–Crippen LogP) is 2.59. The molecule has 2 unspecified atom stereocenters. The van der Waals surface area contributed by atoms with Crippen molar-refractivity contribution in [3.05, 3.63) is 22.2 Å². The maximum Gasteiger partial charge on any atom is 0.344 e. The lowest BCUT2D eigenvalue weighted by atomic mass is 10.1. The van der Waals surface area contributed by atoms with Gasteiger partial charge in [-0.2, -0.15) is 0 Å². The summed E-state index contributed by atoms with van der Waals surface area (Å²) in [7, 11) is 1.52. The molecule has 0 aliphatic carbocycles. The van der Waals surface area contributed by atoms with Gasteiger partial charge in [0.25, 0.3) is 0 Å². The summed E-state index contributed by atoms with van der Waals surface area (Å²) in [6.45, 7) is 3.67. The van der Waals surface area contributed by atoms with Crippen LogP contribution in [-0.4, -0.2) is 30.3 Å². The van der Waals surface area contributed by atoms with Crippen molar-refractivity contribution in [2.24, 2.45) is 5.73 Å². The normalized spacial score (nSPS) is 13.7. The van der Waals surface area contributed by atoms with Gasteiger partial charge in [-0.05, 0) is 53.4 Å². The standard InChI is InChI=1S/C14H20BrNO4/c1-4-11(14(17)18)20-13-10(15)6-9(5-8(2)16)7-12(13)19-3/h6-8,11H,4-5,16H2,1-3H3,(H,17,18). The minimum Gasteiger partial charge on any atom is -0.493 e. The number of rotatable bonds is 7. The molecule has 0 radical (unpaired) electrons. The Morgan fingerprint density at radius 3 is 2.60 bits per heavy atom. The molecule has 1 aromatic carbocycles. The Bertz CT molecular complexity index is 476. The van der Waals surface area contributed by atoms with E-state index in [-0.39, 0.29) is 6.04 Å². The number of ether oxygens (including phenoxy) is 2. The zero-order valence-electron chi connectivity index (χ0n) is 11.9. The fourth-order valence-electron chi connectivity index (χ4n) is 1.83. The molecule has 3 N–H and O–H groups in total. The molecule has 20 heavy (non-hydrogen) atoms. The maximum absolute atomic E-state index is 11.1. The highest BCUT2D eigenvalue weighted by Gasteiger charge is 2.21. The summed E-state index contributed by atoms with van der Waals surface area (Å²) in [6.07, 6.45) is 0.164. The number of aliphatic carboxylic acids is 1. The molecular formula is C14H20BrNO4. The van der Waals surface area contributed by atoms with Crippen LogP contribution >= 0.6 is 15.9 Å². The van der Waals surface area contributed by atoms with Crippen molar-refractivity contribution in [3.8, 4) is 11.5 Å². The molecular weight excluding hydrogens is 326 g/mol. The minimum atomic E-state index is -0.999. The van der Waals surface area contributed by atoms with E-state index in [0.717, 1.165) is 5.56 Å². The Balaban J connectivity index is 3.10. The lowest BCUT2D eigenvalue weighted by Gasteiger charge is -2.18. The summed E-state index contributed by atoms with van der Waals surface area (Å²) in [5.41, 5.74) is 6.78. The molecule has 5 nitrogen and oxygen atoms in total. The number of carboxylic acids is 1. The number of halogens is 1. The molecule has 0 amide bonds. The summed E-state index contributed by atoms with van der Waals surface area (Å²) in [4.78, 5) is 11.1. The summed E-state index contributed by atoms with van der Waals surface area (Å²) in [5.74, 6) is -0.106. The molecule has 6 heteroatoms. The first-order valence-corrected chi connectivity index (χ1v) is 7.19. The Morgan fingerprint density at radius 1 is 1.50 bits per heavy atom.